The number of benzene rings is 9. The summed E-state index contributed by atoms with van der Waals surface area (Å²) in [4.78, 5) is 0. The van der Waals surface area contributed by atoms with Crippen LogP contribution in [0.1, 0.15) is 0 Å². The minimum absolute atomic E-state index is 0.876. The van der Waals surface area contributed by atoms with Crippen molar-refractivity contribution in [1.82, 2.24) is 9.13 Å². The van der Waals surface area contributed by atoms with Gasteiger partial charge in [0.2, 0.25) is 0 Å². The molecular formula is C54H32N2O2. The number of nitrogens with zero attached hydrogens (tertiary/aromatic N) is 2. The molecule has 4 heterocycles. The summed E-state index contributed by atoms with van der Waals surface area (Å²) in [7, 11) is 0. The molecule has 4 heteroatoms. The third kappa shape index (κ3) is 4.40. The van der Waals surface area contributed by atoms with Gasteiger partial charge >= 0.3 is 0 Å². The fourth-order valence-corrected chi connectivity index (χ4v) is 9.52. The average Bonchev–Trinajstić information content (AvgIpc) is 4.04. The van der Waals surface area contributed by atoms with Crippen LogP contribution in [0.3, 0.4) is 0 Å². The van der Waals surface area contributed by atoms with Crippen LogP contribution in [0.25, 0.3) is 121 Å². The van der Waals surface area contributed by atoms with Crippen molar-refractivity contribution in [3.8, 4) is 33.6 Å². The van der Waals surface area contributed by atoms with E-state index in [9.17, 15) is 0 Å². The fourth-order valence-electron chi connectivity index (χ4n) is 9.52. The predicted octanol–water partition coefficient (Wildman–Crippen LogP) is 15.0. The molecule has 13 aromatic rings. The van der Waals surface area contributed by atoms with Gasteiger partial charge in [0.05, 0.1) is 33.4 Å². The van der Waals surface area contributed by atoms with E-state index in [2.05, 4.69) is 203 Å². The van der Waals surface area contributed by atoms with Crippen LogP contribution in [0.4, 0.5) is 0 Å². The summed E-state index contributed by atoms with van der Waals surface area (Å²) in [6, 6.07) is 69.4. The Labute approximate surface area is 332 Å². The standard InChI is InChI=1S/C54H32N2O2/c1-5-20-45-37(14-1)38-15-2-6-21-46(38)55(45)49-24-10-18-41-43-31-35(26-28-51(43)57-53(41)49)33-12-9-13-34(30-33)36-27-29-52-44(32-36)42-19-11-25-50(54(42)58-52)56-47-22-7-3-16-39(47)40-17-4-8-23-48(40)56/h1-32H. The van der Waals surface area contributed by atoms with Crippen LogP contribution in [0, 0.1) is 0 Å². The van der Waals surface area contributed by atoms with Gasteiger partial charge in [-0.15, -0.1) is 0 Å². The Balaban J connectivity index is 0.917. The number of rotatable bonds is 4. The van der Waals surface area contributed by atoms with E-state index in [0.29, 0.717) is 0 Å². The largest absolute Gasteiger partial charge is 0.454 e. The molecule has 0 saturated carbocycles. The van der Waals surface area contributed by atoms with E-state index in [1.54, 1.807) is 0 Å². The van der Waals surface area contributed by atoms with Crippen molar-refractivity contribution in [3.63, 3.8) is 0 Å². The molecule has 0 aliphatic heterocycles. The van der Waals surface area contributed by atoms with Gasteiger partial charge in [-0.25, -0.2) is 0 Å². The molecule has 0 bridgehead atoms. The Kier molecular flexibility index (Phi) is 6.41. The topological polar surface area (TPSA) is 36.1 Å². The highest BCUT2D eigenvalue weighted by Gasteiger charge is 2.20. The zero-order valence-electron chi connectivity index (χ0n) is 31.2. The first kappa shape index (κ1) is 31.4. The second-order valence-corrected chi connectivity index (χ2v) is 15.3. The van der Waals surface area contributed by atoms with Crippen molar-refractivity contribution < 1.29 is 8.83 Å². The van der Waals surface area contributed by atoms with Crippen LogP contribution in [-0.2, 0) is 0 Å². The molecule has 13 rings (SSSR count). The van der Waals surface area contributed by atoms with Crippen LogP contribution in [-0.4, -0.2) is 9.13 Å². The Bertz CT molecular complexity index is 3460. The smallest absolute Gasteiger partial charge is 0.159 e. The van der Waals surface area contributed by atoms with Crippen molar-refractivity contribution in [2.24, 2.45) is 0 Å². The Morgan fingerprint density at radius 3 is 1.02 bits per heavy atom. The summed E-state index contributed by atoms with van der Waals surface area (Å²) < 4.78 is 18.1. The SMILES string of the molecule is c1cc(-c2ccc3oc4c(-n5c6ccccc6c6ccccc65)cccc4c3c2)cc(-c2ccc3oc4c(-n5c6ccccc6c6ccccc65)cccc4c3c2)c1. The molecule has 0 radical (unpaired) electrons. The van der Waals surface area contributed by atoms with Crippen LogP contribution < -0.4 is 0 Å². The number of aromatic nitrogens is 2. The lowest BCUT2D eigenvalue weighted by Gasteiger charge is -2.08. The van der Waals surface area contributed by atoms with Gasteiger partial charge in [-0.2, -0.15) is 0 Å². The molecule has 0 aliphatic rings. The normalized spacial score (nSPS) is 12.1. The van der Waals surface area contributed by atoms with Crippen LogP contribution in [0.2, 0.25) is 0 Å². The highest BCUT2D eigenvalue weighted by atomic mass is 16.3. The van der Waals surface area contributed by atoms with Crippen LogP contribution >= 0.6 is 0 Å². The van der Waals surface area contributed by atoms with Crippen molar-refractivity contribution >= 4 is 87.5 Å². The van der Waals surface area contributed by atoms with E-state index in [1.165, 1.54) is 43.6 Å². The quantitative estimate of drug-likeness (QED) is 0.180. The minimum Gasteiger partial charge on any atom is -0.454 e. The van der Waals surface area contributed by atoms with Crippen LogP contribution in [0.5, 0.6) is 0 Å². The maximum absolute atomic E-state index is 6.70. The minimum atomic E-state index is 0.876. The van der Waals surface area contributed by atoms with Crippen molar-refractivity contribution in [2.45, 2.75) is 0 Å². The van der Waals surface area contributed by atoms with Gasteiger partial charge in [-0.3, -0.25) is 0 Å². The lowest BCUT2D eigenvalue weighted by atomic mass is 9.97. The molecule has 4 aromatic heterocycles. The lowest BCUT2D eigenvalue weighted by molar-refractivity contribution is 0.666. The maximum atomic E-state index is 6.70. The summed E-state index contributed by atoms with van der Waals surface area (Å²) in [5.41, 5.74) is 14.9. The molecule has 0 saturated heterocycles. The number of para-hydroxylation sites is 6. The van der Waals surface area contributed by atoms with E-state index >= 15 is 0 Å². The van der Waals surface area contributed by atoms with Gasteiger partial charge in [0, 0.05) is 43.1 Å². The summed E-state index contributed by atoms with van der Waals surface area (Å²) in [5, 5.41) is 9.34. The van der Waals surface area contributed by atoms with Gasteiger partial charge in [-0.1, -0.05) is 127 Å². The van der Waals surface area contributed by atoms with Crippen molar-refractivity contribution in [3.05, 3.63) is 194 Å². The lowest BCUT2D eigenvalue weighted by Crippen LogP contribution is -1.93. The molecule has 0 amide bonds. The molecule has 4 nitrogen and oxygen atoms in total. The van der Waals surface area contributed by atoms with E-state index in [0.717, 1.165) is 77.5 Å². The van der Waals surface area contributed by atoms with Gasteiger partial charge in [0.25, 0.3) is 0 Å². The zero-order chi connectivity index (χ0) is 37.9. The second-order valence-electron chi connectivity index (χ2n) is 15.3. The van der Waals surface area contributed by atoms with E-state index in [-0.39, 0.29) is 0 Å². The molecule has 0 unspecified atom stereocenters. The Morgan fingerprint density at radius 2 is 0.603 bits per heavy atom. The van der Waals surface area contributed by atoms with E-state index in [4.69, 9.17) is 8.83 Å². The summed E-state index contributed by atoms with van der Waals surface area (Å²) in [6.07, 6.45) is 0. The Hall–Kier alpha value is -7.82. The molecule has 0 atom stereocenters. The number of hydrogen-bond donors (Lipinski definition) is 0. The first-order valence-electron chi connectivity index (χ1n) is 19.8. The monoisotopic (exact) mass is 740 g/mol. The van der Waals surface area contributed by atoms with E-state index < -0.39 is 0 Å². The maximum Gasteiger partial charge on any atom is 0.159 e. The third-order valence-corrected chi connectivity index (χ3v) is 12.1. The predicted molar refractivity (Wildman–Crippen MR) is 241 cm³/mol. The van der Waals surface area contributed by atoms with Gasteiger partial charge in [-0.05, 0) is 89.0 Å². The number of furan rings is 2. The number of fused-ring (bicyclic) bond motifs is 12. The van der Waals surface area contributed by atoms with Crippen molar-refractivity contribution in [2.75, 3.05) is 0 Å². The first-order chi connectivity index (χ1) is 28.8. The molecule has 0 aliphatic carbocycles. The summed E-state index contributed by atoms with van der Waals surface area (Å²) >= 11 is 0. The number of hydrogen-bond acceptors (Lipinski definition) is 2. The van der Waals surface area contributed by atoms with E-state index in [1.807, 2.05) is 0 Å². The second kappa shape index (κ2) is 11.8. The van der Waals surface area contributed by atoms with Gasteiger partial charge < -0.3 is 18.0 Å². The molecule has 0 spiro atoms. The Morgan fingerprint density at radius 1 is 0.259 bits per heavy atom. The zero-order valence-corrected chi connectivity index (χ0v) is 31.2. The third-order valence-electron chi connectivity index (χ3n) is 12.1. The summed E-state index contributed by atoms with van der Waals surface area (Å²) in [5.74, 6) is 0. The molecule has 270 valence electrons. The highest BCUT2D eigenvalue weighted by Crippen LogP contribution is 2.42. The molecular weight excluding hydrogens is 709 g/mol. The average molecular weight is 741 g/mol. The van der Waals surface area contributed by atoms with Crippen LogP contribution in [0.15, 0.2) is 203 Å². The molecule has 0 N–H and O–H groups in total. The molecule has 0 fully saturated rings. The fraction of sp³-hybridized carbons (Fsp3) is 0. The molecule has 9 aromatic carbocycles. The first-order valence-corrected chi connectivity index (χ1v) is 19.8. The van der Waals surface area contributed by atoms with Gasteiger partial charge in [0.15, 0.2) is 11.2 Å². The highest BCUT2D eigenvalue weighted by molar-refractivity contribution is 6.15. The molecule has 58 heavy (non-hydrogen) atoms. The van der Waals surface area contributed by atoms with Gasteiger partial charge in [0.1, 0.15) is 11.2 Å². The van der Waals surface area contributed by atoms with Crippen molar-refractivity contribution in [1.29, 1.82) is 0 Å². The summed E-state index contributed by atoms with van der Waals surface area (Å²) in [6.45, 7) is 0.